The van der Waals surface area contributed by atoms with Crippen LogP contribution in [-0.4, -0.2) is 13.1 Å². The monoisotopic (exact) mass is 271 g/mol. The first-order valence-corrected chi connectivity index (χ1v) is 8.19. The van der Waals surface area contributed by atoms with Gasteiger partial charge in [-0.25, -0.2) is 0 Å². The lowest BCUT2D eigenvalue weighted by molar-refractivity contribution is 0.367. The van der Waals surface area contributed by atoms with E-state index in [9.17, 15) is 0 Å². The highest BCUT2D eigenvalue weighted by Gasteiger charge is 2.29. The van der Waals surface area contributed by atoms with Gasteiger partial charge in [-0.3, -0.25) is 0 Å². The molecule has 1 nitrogen and oxygen atoms in total. The Balaban J connectivity index is 2.31. The van der Waals surface area contributed by atoms with Gasteiger partial charge in [0.25, 0.3) is 0 Å². The molecule has 0 aromatic heterocycles. The molecule has 1 aliphatic carbocycles. The van der Waals surface area contributed by atoms with Crippen LogP contribution in [-0.2, 0) is 0 Å². The topological polar surface area (TPSA) is 12.0 Å². The number of rotatable bonds is 6. The van der Waals surface area contributed by atoms with Crippen LogP contribution < -0.4 is 5.32 Å². The third-order valence-corrected chi connectivity index (χ3v) is 4.84. The van der Waals surface area contributed by atoms with Crippen LogP contribution in [0.3, 0.4) is 0 Å². The van der Waals surface area contributed by atoms with Crippen LogP contribution in [0, 0.1) is 5.92 Å². The lowest BCUT2D eigenvalue weighted by atomic mass is 9.75. The molecule has 0 saturated carbocycles. The number of benzene rings is 1. The number of likely N-dealkylation sites (N-methyl/N-ethyl adjacent to an activating group) is 1. The maximum atomic E-state index is 3.62. The summed E-state index contributed by atoms with van der Waals surface area (Å²) in [7, 11) is 2.12. The normalized spacial score (nSPS) is 20.1. The third-order valence-electron chi connectivity index (χ3n) is 4.84. The van der Waals surface area contributed by atoms with Crippen molar-refractivity contribution in [1.82, 2.24) is 5.32 Å². The fraction of sp³-hybridized carbons (Fsp3) is 0.579. The standard InChI is InChI=1S/C19H29N/c1-4-15(2)18(16-11-7-5-8-12-16)19(20-3)17-13-9-6-10-14-17/h5,7-8,11-13,15,18-20H,4,6,9-10,14H2,1-3H3. The summed E-state index contributed by atoms with van der Waals surface area (Å²) in [6, 6.07) is 11.5. The van der Waals surface area contributed by atoms with Crippen LogP contribution in [0.2, 0.25) is 0 Å². The molecule has 0 heterocycles. The Bertz CT molecular complexity index is 421. The zero-order valence-corrected chi connectivity index (χ0v) is 13.2. The molecule has 0 fully saturated rings. The minimum atomic E-state index is 0.493. The van der Waals surface area contributed by atoms with Crippen LogP contribution in [0.15, 0.2) is 42.0 Å². The Morgan fingerprint density at radius 1 is 1.15 bits per heavy atom. The first kappa shape index (κ1) is 15.3. The van der Waals surface area contributed by atoms with Gasteiger partial charge in [-0.2, -0.15) is 0 Å². The van der Waals surface area contributed by atoms with Crippen molar-refractivity contribution in [3.63, 3.8) is 0 Å². The van der Waals surface area contributed by atoms with Gasteiger partial charge in [0.05, 0.1) is 0 Å². The second-order valence-corrected chi connectivity index (χ2v) is 6.11. The lowest BCUT2D eigenvalue weighted by Gasteiger charge is -2.35. The summed E-state index contributed by atoms with van der Waals surface area (Å²) in [6.07, 6.45) is 8.96. The number of hydrogen-bond acceptors (Lipinski definition) is 1. The predicted octanol–water partition coefficient (Wildman–Crippen LogP) is 4.90. The van der Waals surface area contributed by atoms with Gasteiger partial charge < -0.3 is 5.32 Å². The molecule has 3 atom stereocenters. The number of allylic oxidation sites excluding steroid dienone is 1. The molecule has 0 spiro atoms. The van der Waals surface area contributed by atoms with E-state index in [2.05, 4.69) is 62.6 Å². The van der Waals surface area contributed by atoms with Gasteiger partial charge in [0.2, 0.25) is 0 Å². The molecule has 0 radical (unpaired) electrons. The Morgan fingerprint density at radius 2 is 1.90 bits per heavy atom. The van der Waals surface area contributed by atoms with Crippen LogP contribution >= 0.6 is 0 Å². The molecule has 110 valence electrons. The summed E-state index contributed by atoms with van der Waals surface area (Å²) in [5.74, 6) is 1.27. The average molecular weight is 271 g/mol. The first-order chi connectivity index (χ1) is 9.77. The fourth-order valence-corrected chi connectivity index (χ4v) is 3.52. The van der Waals surface area contributed by atoms with Crippen LogP contribution in [0.4, 0.5) is 0 Å². The molecule has 1 aromatic rings. The van der Waals surface area contributed by atoms with Crippen molar-refractivity contribution < 1.29 is 0 Å². The summed E-state index contributed by atoms with van der Waals surface area (Å²) in [6.45, 7) is 4.70. The molecule has 3 unspecified atom stereocenters. The Kier molecular flexibility index (Phi) is 5.85. The quantitative estimate of drug-likeness (QED) is 0.725. The predicted molar refractivity (Wildman–Crippen MR) is 88.0 cm³/mol. The highest BCUT2D eigenvalue weighted by Crippen LogP contribution is 2.35. The van der Waals surface area contributed by atoms with E-state index in [-0.39, 0.29) is 0 Å². The van der Waals surface area contributed by atoms with Gasteiger partial charge in [0.15, 0.2) is 0 Å². The van der Waals surface area contributed by atoms with E-state index >= 15 is 0 Å². The number of nitrogens with one attached hydrogen (secondary N) is 1. The zero-order chi connectivity index (χ0) is 14.4. The molecule has 1 N–H and O–H groups in total. The smallest absolute Gasteiger partial charge is 0.0348 e. The minimum absolute atomic E-state index is 0.493. The molecule has 1 aromatic carbocycles. The van der Waals surface area contributed by atoms with Crippen LogP contribution in [0.25, 0.3) is 0 Å². The largest absolute Gasteiger partial charge is 0.313 e. The second kappa shape index (κ2) is 7.64. The zero-order valence-electron chi connectivity index (χ0n) is 13.2. The van der Waals surface area contributed by atoms with Crippen molar-refractivity contribution in [3.8, 4) is 0 Å². The van der Waals surface area contributed by atoms with Crippen molar-refractivity contribution in [2.75, 3.05) is 7.05 Å². The van der Waals surface area contributed by atoms with Gasteiger partial charge in [-0.1, -0.05) is 62.2 Å². The van der Waals surface area contributed by atoms with Crippen LogP contribution in [0.5, 0.6) is 0 Å². The van der Waals surface area contributed by atoms with Crippen molar-refractivity contribution in [2.45, 2.75) is 57.9 Å². The molecule has 0 aliphatic heterocycles. The van der Waals surface area contributed by atoms with Crippen molar-refractivity contribution in [2.24, 2.45) is 5.92 Å². The molecule has 0 amide bonds. The van der Waals surface area contributed by atoms with Crippen molar-refractivity contribution in [1.29, 1.82) is 0 Å². The molecular weight excluding hydrogens is 242 g/mol. The highest BCUT2D eigenvalue weighted by atomic mass is 14.9. The van der Waals surface area contributed by atoms with Gasteiger partial charge in [0, 0.05) is 12.0 Å². The molecule has 1 heteroatoms. The summed E-state index contributed by atoms with van der Waals surface area (Å²) in [5.41, 5.74) is 3.11. The minimum Gasteiger partial charge on any atom is -0.313 e. The summed E-state index contributed by atoms with van der Waals surface area (Å²) in [4.78, 5) is 0. The van der Waals surface area contributed by atoms with E-state index in [1.807, 2.05) is 0 Å². The molecule has 0 saturated heterocycles. The van der Waals surface area contributed by atoms with E-state index in [1.165, 1.54) is 37.7 Å². The highest BCUT2D eigenvalue weighted by molar-refractivity contribution is 5.28. The summed E-state index contributed by atoms with van der Waals surface area (Å²) >= 11 is 0. The van der Waals surface area contributed by atoms with E-state index in [0.717, 1.165) is 0 Å². The third kappa shape index (κ3) is 3.52. The molecule has 1 aliphatic rings. The molecular formula is C19H29N. The fourth-order valence-electron chi connectivity index (χ4n) is 3.52. The summed E-state index contributed by atoms with van der Waals surface area (Å²) < 4.78 is 0. The first-order valence-electron chi connectivity index (χ1n) is 8.19. The Morgan fingerprint density at radius 3 is 2.45 bits per heavy atom. The number of hydrogen-bond donors (Lipinski definition) is 1. The average Bonchev–Trinajstić information content (AvgIpc) is 2.53. The summed E-state index contributed by atoms with van der Waals surface area (Å²) in [5, 5.41) is 3.62. The van der Waals surface area contributed by atoms with Gasteiger partial charge >= 0.3 is 0 Å². The molecule has 20 heavy (non-hydrogen) atoms. The van der Waals surface area contributed by atoms with E-state index in [1.54, 1.807) is 5.57 Å². The van der Waals surface area contributed by atoms with Crippen LogP contribution in [0.1, 0.15) is 57.4 Å². The maximum Gasteiger partial charge on any atom is 0.0348 e. The lowest BCUT2D eigenvalue weighted by Crippen LogP contribution is -2.37. The maximum absolute atomic E-state index is 3.62. The molecule has 2 rings (SSSR count). The SMILES string of the molecule is CCC(C)C(c1ccccc1)C(NC)C1=CCCCC1. The van der Waals surface area contributed by atoms with Gasteiger partial charge in [0.1, 0.15) is 0 Å². The Labute approximate surface area is 124 Å². The van der Waals surface area contributed by atoms with E-state index in [4.69, 9.17) is 0 Å². The second-order valence-electron chi connectivity index (χ2n) is 6.11. The molecule has 0 bridgehead atoms. The Hall–Kier alpha value is -1.08. The van der Waals surface area contributed by atoms with Crippen molar-refractivity contribution >= 4 is 0 Å². The van der Waals surface area contributed by atoms with E-state index < -0.39 is 0 Å². The van der Waals surface area contributed by atoms with Gasteiger partial charge in [-0.15, -0.1) is 0 Å². The van der Waals surface area contributed by atoms with Gasteiger partial charge in [-0.05, 0) is 44.2 Å². The van der Waals surface area contributed by atoms with Crippen molar-refractivity contribution in [3.05, 3.63) is 47.5 Å². The van der Waals surface area contributed by atoms with E-state index in [0.29, 0.717) is 17.9 Å².